The summed E-state index contributed by atoms with van der Waals surface area (Å²) in [6.45, 7) is 5.93. The highest BCUT2D eigenvalue weighted by Crippen LogP contribution is 2.29. The predicted octanol–water partition coefficient (Wildman–Crippen LogP) is 3.35. The molecular formula is C14H17F3O3S. The molecule has 0 aliphatic rings. The van der Waals surface area contributed by atoms with Gasteiger partial charge in [-0.1, -0.05) is 32.9 Å². The van der Waals surface area contributed by atoms with Crippen molar-refractivity contribution in [1.29, 1.82) is 0 Å². The number of hydrogen-bond acceptors (Lipinski definition) is 2. The Balaban J connectivity index is 2.92. The third kappa shape index (κ3) is 4.84. The van der Waals surface area contributed by atoms with E-state index in [1.54, 1.807) is 12.1 Å². The van der Waals surface area contributed by atoms with E-state index in [0.29, 0.717) is 0 Å². The normalized spacial score (nSPS) is 15.5. The van der Waals surface area contributed by atoms with Crippen molar-refractivity contribution >= 4 is 16.8 Å². The Morgan fingerprint density at radius 2 is 1.67 bits per heavy atom. The van der Waals surface area contributed by atoms with Crippen LogP contribution in [0.2, 0.25) is 0 Å². The lowest BCUT2D eigenvalue weighted by Crippen LogP contribution is -2.35. The molecule has 0 spiro atoms. The van der Waals surface area contributed by atoms with E-state index in [2.05, 4.69) is 0 Å². The summed E-state index contributed by atoms with van der Waals surface area (Å²) < 4.78 is 49.6. The second-order valence-corrected chi connectivity index (χ2v) is 7.21. The second kappa shape index (κ2) is 6.17. The molecule has 0 amide bonds. The zero-order chi connectivity index (χ0) is 16.4. The summed E-state index contributed by atoms with van der Waals surface area (Å²) in [5, 5.41) is 8.60. The van der Waals surface area contributed by atoms with Crippen molar-refractivity contribution in [3.63, 3.8) is 0 Å². The molecule has 0 aliphatic carbocycles. The molecule has 7 heteroatoms. The van der Waals surface area contributed by atoms with E-state index in [-0.39, 0.29) is 10.3 Å². The van der Waals surface area contributed by atoms with Crippen molar-refractivity contribution in [2.45, 2.75) is 37.3 Å². The largest absolute Gasteiger partial charge is 0.481 e. The van der Waals surface area contributed by atoms with Crippen LogP contribution in [0.3, 0.4) is 0 Å². The Morgan fingerprint density at radius 3 is 2.00 bits per heavy atom. The van der Waals surface area contributed by atoms with E-state index >= 15 is 0 Å². The lowest BCUT2D eigenvalue weighted by Gasteiger charge is -2.19. The van der Waals surface area contributed by atoms with Crippen molar-refractivity contribution in [3.8, 4) is 0 Å². The fourth-order valence-corrected chi connectivity index (χ4v) is 2.93. The van der Waals surface area contributed by atoms with Crippen molar-refractivity contribution in [3.05, 3.63) is 29.8 Å². The van der Waals surface area contributed by atoms with Crippen LogP contribution in [-0.2, 0) is 21.0 Å². The minimum absolute atomic E-state index is 0.129. The maximum absolute atomic E-state index is 12.6. The molecule has 0 saturated heterocycles. The van der Waals surface area contributed by atoms with Gasteiger partial charge in [-0.2, -0.15) is 13.2 Å². The van der Waals surface area contributed by atoms with E-state index < -0.39 is 34.6 Å². The van der Waals surface area contributed by atoms with Crippen LogP contribution in [0.25, 0.3) is 0 Å². The number of rotatable bonds is 4. The van der Waals surface area contributed by atoms with E-state index in [9.17, 15) is 22.2 Å². The summed E-state index contributed by atoms with van der Waals surface area (Å²) in [5.41, 5.74) is 0.823. The third-order valence-electron chi connectivity index (χ3n) is 2.99. The summed E-state index contributed by atoms with van der Waals surface area (Å²) in [4.78, 5) is 10.8. The first-order chi connectivity index (χ1) is 9.43. The molecule has 0 fully saturated rings. The maximum Gasteiger partial charge on any atom is 0.403 e. The number of carboxylic acid groups (broad SMARTS) is 1. The van der Waals surface area contributed by atoms with Gasteiger partial charge in [0.15, 0.2) is 5.92 Å². The van der Waals surface area contributed by atoms with Crippen LogP contribution in [0.4, 0.5) is 13.2 Å². The molecule has 0 saturated carbocycles. The van der Waals surface area contributed by atoms with Gasteiger partial charge in [-0.15, -0.1) is 0 Å². The van der Waals surface area contributed by atoms with E-state index in [4.69, 9.17) is 5.11 Å². The molecule has 0 bridgehead atoms. The molecule has 1 aromatic rings. The predicted molar refractivity (Wildman–Crippen MR) is 73.6 cm³/mol. The first-order valence-corrected chi connectivity index (χ1v) is 7.53. The Kier molecular flexibility index (Phi) is 5.20. The highest BCUT2D eigenvalue weighted by atomic mass is 32.2. The number of carboxylic acids is 1. The van der Waals surface area contributed by atoms with Gasteiger partial charge in [-0.05, 0) is 23.1 Å². The smallest absolute Gasteiger partial charge is 0.403 e. The van der Waals surface area contributed by atoms with Gasteiger partial charge in [-0.3, -0.25) is 9.00 Å². The molecule has 118 valence electrons. The Labute approximate surface area is 123 Å². The monoisotopic (exact) mass is 322 g/mol. The molecule has 21 heavy (non-hydrogen) atoms. The van der Waals surface area contributed by atoms with Gasteiger partial charge in [0.25, 0.3) is 0 Å². The van der Waals surface area contributed by atoms with E-state index in [1.165, 1.54) is 12.1 Å². The number of hydrogen-bond donors (Lipinski definition) is 1. The van der Waals surface area contributed by atoms with Gasteiger partial charge in [0.1, 0.15) is 0 Å². The molecule has 1 aromatic carbocycles. The highest BCUT2D eigenvalue weighted by Gasteiger charge is 2.46. The van der Waals surface area contributed by atoms with Gasteiger partial charge in [0, 0.05) is 4.90 Å². The molecule has 1 N–H and O–H groups in total. The number of alkyl halides is 3. The Bertz CT molecular complexity index is 530. The molecule has 2 unspecified atom stereocenters. The van der Waals surface area contributed by atoms with Crippen LogP contribution in [0.1, 0.15) is 26.3 Å². The number of carbonyl (C=O) groups is 1. The van der Waals surface area contributed by atoms with Crippen molar-refractivity contribution in [2.75, 3.05) is 5.75 Å². The highest BCUT2D eigenvalue weighted by molar-refractivity contribution is 7.85. The second-order valence-electron chi connectivity index (χ2n) is 5.72. The first-order valence-electron chi connectivity index (χ1n) is 6.21. The van der Waals surface area contributed by atoms with E-state index in [0.717, 1.165) is 5.56 Å². The summed E-state index contributed by atoms with van der Waals surface area (Å²) in [7, 11) is -2.02. The lowest BCUT2D eigenvalue weighted by molar-refractivity contribution is -0.188. The Morgan fingerprint density at radius 1 is 1.19 bits per heavy atom. The average Bonchev–Trinajstić information content (AvgIpc) is 2.33. The number of halogens is 3. The van der Waals surface area contributed by atoms with Crippen molar-refractivity contribution in [2.24, 2.45) is 5.92 Å². The van der Waals surface area contributed by atoms with E-state index in [1.807, 2.05) is 20.8 Å². The zero-order valence-corrected chi connectivity index (χ0v) is 12.7. The number of benzene rings is 1. The first kappa shape index (κ1) is 17.7. The van der Waals surface area contributed by atoms with Gasteiger partial charge in [0.2, 0.25) is 0 Å². The quantitative estimate of drug-likeness (QED) is 0.925. The fraction of sp³-hybridized carbons (Fsp3) is 0.500. The molecule has 2 atom stereocenters. The number of aliphatic carboxylic acids is 1. The van der Waals surface area contributed by atoms with Crippen LogP contribution in [0, 0.1) is 5.92 Å². The Hall–Kier alpha value is -1.37. The van der Waals surface area contributed by atoms with Gasteiger partial charge >= 0.3 is 12.1 Å². The van der Waals surface area contributed by atoms with Crippen molar-refractivity contribution in [1.82, 2.24) is 0 Å². The minimum Gasteiger partial charge on any atom is -0.481 e. The summed E-state index contributed by atoms with van der Waals surface area (Å²) >= 11 is 0. The van der Waals surface area contributed by atoms with Crippen LogP contribution in [-0.4, -0.2) is 27.2 Å². The van der Waals surface area contributed by atoms with Crippen LogP contribution >= 0.6 is 0 Å². The minimum atomic E-state index is -4.91. The van der Waals surface area contributed by atoms with Crippen molar-refractivity contribution < 1.29 is 27.3 Å². The maximum atomic E-state index is 12.6. The van der Waals surface area contributed by atoms with Crippen LogP contribution in [0.5, 0.6) is 0 Å². The topological polar surface area (TPSA) is 54.4 Å². The van der Waals surface area contributed by atoms with Gasteiger partial charge < -0.3 is 5.11 Å². The SMILES string of the molecule is CC(C)(C)c1ccc(S(=O)CC(C(=O)O)C(F)(F)F)cc1. The average molecular weight is 322 g/mol. The molecule has 3 nitrogen and oxygen atoms in total. The van der Waals surface area contributed by atoms with Crippen LogP contribution in [0.15, 0.2) is 29.2 Å². The van der Waals surface area contributed by atoms with Crippen LogP contribution < -0.4 is 0 Å². The molecule has 0 aromatic heterocycles. The third-order valence-corrected chi connectivity index (χ3v) is 4.43. The molecule has 0 radical (unpaired) electrons. The molecule has 1 rings (SSSR count). The fourth-order valence-electron chi connectivity index (χ4n) is 1.66. The van der Waals surface area contributed by atoms with Gasteiger partial charge in [-0.25, -0.2) is 0 Å². The lowest BCUT2D eigenvalue weighted by atomic mass is 9.87. The summed E-state index contributed by atoms with van der Waals surface area (Å²) in [5.74, 6) is -5.61. The zero-order valence-electron chi connectivity index (χ0n) is 11.9. The molecule has 0 aliphatic heterocycles. The standard InChI is InChI=1S/C14H17F3O3S/c1-13(2,3)9-4-6-10(7-5-9)21(20)8-11(12(18)19)14(15,16)17/h4-7,11H,8H2,1-3H3,(H,18,19). The molecule has 0 heterocycles. The summed E-state index contributed by atoms with van der Waals surface area (Å²) in [6, 6.07) is 6.34. The van der Waals surface area contributed by atoms with Gasteiger partial charge in [0.05, 0.1) is 16.6 Å². The summed E-state index contributed by atoms with van der Waals surface area (Å²) in [6.07, 6.45) is -4.91. The molecular weight excluding hydrogens is 305 g/mol.